The molecule has 6 heteroatoms. The quantitative estimate of drug-likeness (QED) is 0.873. The molecule has 0 saturated carbocycles. The lowest BCUT2D eigenvalue weighted by Gasteiger charge is -2.37. The van der Waals surface area contributed by atoms with Gasteiger partial charge >= 0.3 is 0 Å². The summed E-state index contributed by atoms with van der Waals surface area (Å²) in [5.74, 6) is 0.820. The maximum atomic E-state index is 12.8. The Hall–Kier alpha value is -1.82. The molecule has 5 nitrogen and oxygen atoms in total. The Morgan fingerprint density at radius 1 is 1.33 bits per heavy atom. The number of hydrogen-bond donors (Lipinski definition) is 1. The molecule has 1 aromatic heterocycles. The number of fused-ring (bicyclic) bond motifs is 1. The second-order valence-electron chi connectivity index (χ2n) is 5.26. The van der Waals surface area contributed by atoms with Gasteiger partial charge in [-0.05, 0) is 13.0 Å². The Morgan fingerprint density at radius 2 is 2.05 bits per heavy atom. The summed E-state index contributed by atoms with van der Waals surface area (Å²) in [5, 5.41) is 7.95. The van der Waals surface area contributed by atoms with Gasteiger partial charge in [-0.25, -0.2) is 5.10 Å². The second-order valence-corrected chi connectivity index (χ2v) is 6.75. The Labute approximate surface area is 126 Å². The van der Waals surface area contributed by atoms with E-state index >= 15 is 0 Å². The van der Waals surface area contributed by atoms with Gasteiger partial charge in [0.2, 0.25) is 0 Å². The average molecular weight is 303 g/mol. The molecule has 2 atom stereocenters. The van der Waals surface area contributed by atoms with E-state index in [4.69, 9.17) is 0 Å². The summed E-state index contributed by atoms with van der Waals surface area (Å²) in [4.78, 5) is 26.5. The molecule has 2 unspecified atom stereocenters. The number of carbonyl (C=O) groups excluding carboxylic acids is 1. The van der Waals surface area contributed by atoms with E-state index < -0.39 is 0 Å². The minimum absolute atomic E-state index is 0.109. The predicted octanol–water partition coefficient (Wildman–Crippen LogP) is 1.89. The molecule has 2 heterocycles. The molecule has 0 bridgehead atoms. The van der Waals surface area contributed by atoms with E-state index in [2.05, 4.69) is 24.0 Å². The van der Waals surface area contributed by atoms with Gasteiger partial charge in [-0.2, -0.15) is 16.9 Å². The van der Waals surface area contributed by atoms with Crippen molar-refractivity contribution in [2.75, 3.05) is 12.3 Å². The van der Waals surface area contributed by atoms with Gasteiger partial charge in [0.15, 0.2) is 5.69 Å². The van der Waals surface area contributed by atoms with Crippen LogP contribution in [-0.4, -0.2) is 44.6 Å². The molecule has 3 rings (SSSR count). The van der Waals surface area contributed by atoms with E-state index in [1.165, 1.54) is 0 Å². The van der Waals surface area contributed by atoms with Crippen molar-refractivity contribution < 1.29 is 4.79 Å². The summed E-state index contributed by atoms with van der Waals surface area (Å²) in [5.41, 5.74) is 0.0638. The number of hydrogen-bond acceptors (Lipinski definition) is 4. The smallest absolute Gasteiger partial charge is 0.275 e. The first-order valence-corrected chi connectivity index (χ1v) is 8.04. The Kier molecular flexibility index (Phi) is 3.71. The second kappa shape index (κ2) is 5.52. The number of amides is 1. The van der Waals surface area contributed by atoms with Gasteiger partial charge < -0.3 is 4.90 Å². The number of carbonyl (C=O) groups is 1. The lowest BCUT2D eigenvalue weighted by Crippen LogP contribution is -2.48. The first-order valence-electron chi connectivity index (χ1n) is 6.99. The van der Waals surface area contributed by atoms with Gasteiger partial charge in [0, 0.05) is 29.0 Å². The molecule has 0 spiro atoms. The first kappa shape index (κ1) is 14.1. The van der Waals surface area contributed by atoms with Crippen LogP contribution in [0.25, 0.3) is 10.8 Å². The number of nitrogens with one attached hydrogen (secondary N) is 1. The van der Waals surface area contributed by atoms with Gasteiger partial charge in [0.25, 0.3) is 11.5 Å². The summed E-state index contributed by atoms with van der Waals surface area (Å²) in [6, 6.07) is 7.25. The van der Waals surface area contributed by atoms with Gasteiger partial charge in [-0.15, -0.1) is 0 Å². The van der Waals surface area contributed by atoms with Crippen LogP contribution in [-0.2, 0) is 0 Å². The summed E-state index contributed by atoms with van der Waals surface area (Å²) < 4.78 is 0. The van der Waals surface area contributed by atoms with Crippen molar-refractivity contribution in [1.82, 2.24) is 15.1 Å². The molecule has 0 aliphatic carbocycles. The van der Waals surface area contributed by atoms with E-state index in [0.717, 1.165) is 5.75 Å². The molecule has 110 valence electrons. The zero-order valence-corrected chi connectivity index (χ0v) is 12.8. The lowest BCUT2D eigenvalue weighted by atomic mass is 10.1. The summed E-state index contributed by atoms with van der Waals surface area (Å²) in [7, 11) is 0. The van der Waals surface area contributed by atoms with Gasteiger partial charge in [-0.3, -0.25) is 9.59 Å². The molecule has 1 amide bonds. The summed E-state index contributed by atoms with van der Waals surface area (Å²) in [6.45, 7) is 4.90. The number of nitrogens with zero attached hydrogens (tertiary/aromatic N) is 2. The molecule has 1 aliphatic rings. The minimum Gasteiger partial charge on any atom is -0.333 e. The first-order chi connectivity index (χ1) is 10.1. The number of rotatable bonds is 1. The van der Waals surface area contributed by atoms with E-state index in [1.807, 2.05) is 22.7 Å². The highest BCUT2D eigenvalue weighted by Crippen LogP contribution is 2.26. The highest BCUT2D eigenvalue weighted by molar-refractivity contribution is 8.00. The summed E-state index contributed by atoms with van der Waals surface area (Å²) >= 11 is 1.88. The molecular weight excluding hydrogens is 286 g/mol. The third-order valence-electron chi connectivity index (χ3n) is 4.04. The van der Waals surface area contributed by atoms with E-state index in [1.54, 1.807) is 18.2 Å². The highest BCUT2D eigenvalue weighted by atomic mass is 32.2. The molecule has 1 saturated heterocycles. The fourth-order valence-corrected chi connectivity index (χ4v) is 3.73. The molecular formula is C15H17N3O2S. The van der Waals surface area contributed by atoms with Crippen molar-refractivity contribution >= 4 is 28.4 Å². The topological polar surface area (TPSA) is 66.1 Å². The number of thioether (sulfide) groups is 1. The fourth-order valence-electron chi connectivity index (χ4n) is 2.63. The van der Waals surface area contributed by atoms with Crippen molar-refractivity contribution in [1.29, 1.82) is 0 Å². The molecule has 1 fully saturated rings. The highest BCUT2D eigenvalue weighted by Gasteiger charge is 2.31. The van der Waals surface area contributed by atoms with Crippen LogP contribution in [0.2, 0.25) is 0 Å². The third kappa shape index (κ3) is 2.44. The molecule has 1 aliphatic heterocycles. The normalized spacial score (nSPS) is 22.5. The van der Waals surface area contributed by atoms with Crippen LogP contribution >= 0.6 is 11.8 Å². The van der Waals surface area contributed by atoms with Crippen LogP contribution < -0.4 is 5.56 Å². The summed E-state index contributed by atoms with van der Waals surface area (Å²) in [6.07, 6.45) is 0. The predicted molar refractivity (Wildman–Crippen MR) is 84.8 cm³/mol. The Bertz CT molecular complexity index is 743. The fraction of sp³-hybridized carbons (Fsp3) is 0.400. The zero-order chi connectivity index (χ0) is 15.0. The van der Waals surface area contributed by atoms with Gasteiger partial charge in [-0.1, -0.05) is 25.1 Å². The van der Waals surface area contributed by atoms with Crippen LogP contribution in [0.5, 0.6) is 0 Å². The lowest BCUT2D eigenvalue weighted by molar-refractivity contribution is 0.0693. The molecule has 21 heavy (non-hydrogen) atoms. The average Bonchev–Trinajstić information content (AvgIpc) is 2.50. The molecule has 2 aromatic rings. The Balaban J connectivity index is 2.06. The van der Waals surface area contributed by atoms with Crippen molar-refractivity contribution in [2.45, 2.75) is 25.1 Å². The maximum Gasteiger partial charge on any atom is 0.275 e. The van der Waals surface area contributed by atoms with E-state index in [0.29, 0.717) is 28.3 Å². The monoisotopic (exact) mass is 303 g/mol. The van der Waals surface area contributed by atoms with Crippen molar-refractivity contribution in [3.63, 3.8) is 0 Å². The van der Waals surface area contributed by atoms with Crippen LogP contribution in [0, 0.1) is 0 Å². The minimum atomic E-state index is -0.266. The zero-order valence-electron chi connectivity index (χ0n) is 12.0. The third-order valence-corrected chi connectivity index (χ3v) is 5.38. The molecule has 1 N–H and O–H groups in total. The van der Waals surface area contributed by atoms with Crippen LogP contribution in [0.3, 0.4) is 0 Å². The number of benzene rings is 1. The Morgan fingerprint density at radius 3 is 2.81 bits per heavy atom. The van der Waals surface area contributed by atoms with Crippen molar-refractivity contribution in [3.8, 4) is 0 Å². The van der Waals surface area contributed by atoms with Crippen molar-refractivity contribution in [3.05, 3.63) is 40.3 Å². The molecule has 0 radical (unpaired) electrons. The van der Waals surface area contributed by atoms with Crippen LogP contribution in [0.15, 0.2) is 29.1 Å². The molecule has 1 aromatic carbocycles. The van der Waals surface area contributed by atoms with E-state index in [-0.39, 0.29) is 17.5 Å². The standard InChI is InChI=1S/C15H17N3O2S/c1-9-10(2)21-8-7-18(9)15(20)13-11-5-3-4-6-12(11)14(19)17-16-13/h3-6,9-10H,7-8H2,1-2H3,(H,17,19). The van der Waals surface area contributed by atoms with Crippen LogP contribution in [0.1, 0.15) is 24.3 Å². The number of aromatic nitrogens is 2. The maximum absolute atomic E-state index is 12.8. The van der Waals surface area contributed by atoms with Crippen molar-refractivity contribution in [2.24, 2.45) is 0 Å². The van der Waals surface area contributed by atoms with Crippen LogP contribution in [0.4, 0.5) is 0 Å². The van der Waals surface area contributed by atoms with E-state index in [9.17, 15) is 9.59 Å². The van der Waals surface area contributed by atoms with Gasteiger partial charge in [0.05, 0.1) is 5.39 Å². The largest absolute Gasteiger partial charge is 0.333 e. The van der Waals surface area contributed by atoms with Gasteiger partial charge in [0.1, 0.15) is 0 Å². The SMILES string of the molecule is CC1SCCN(C(=O)c2n[nH]c(=O)c3ccccc23)C1C. The number of aromatic amines is 1. The number of H-pyrrole nitrogens is 1.